The Morgan fingerprint density at radius 1 is 1.32 bits per heavy atom. The number of carboxylic acid groups (broad SMARTS) is 1. The zero-order chi connectivity index (χ0) is 14.0. The number of hydrogen-bond acceptors (Lipinski definition) is 5. The number of carboxylic acids is 1. The molecule has 0 aliphatic carbocycles. The van der Waals surface area contributed by atoms with Gasteiger partial charge in [0.25, 0.3) is 0 Å². The van der Waals surface area contributed by atoms with Crippen molar-refractivity contribution in [2.45, 2.75) is 33.2 Å². The Bertz CT molecular complexity index is 600. The van der Waals surface area contributed by atoms with Crippen LogP contribution in [0.5, 0.6) is 0 Å². The maximum Gasteiger partial charge on any atom is 0.358 e. The van der Waals surface area contributed by atoms with Gasteiger partial charge in [0.2, 0.25) is 0 Å². The van der Waals surface area contributed by atoms with E-state index in [1.54, 1.807) is 4.68 Å². The highest BCUT2D eigenvalue weighted by molar-refractivity contribution is 5.86. The van der Waals surface area contributed by atoms with E-state index >= 15 is 0 Å². The van der Waals surface area contributed by atoms with Crippen molar-refractivity contribution in [3.8, 4) is 0 Å². The first-order chi connectivity index (χ1) is 9.04. The molecule has 0 radical (unpaired) electrons. The second kappa shape index (κ2) is 5.17. The predicted octanol–water partition coefficient (Wildman–Crippen LogP) is 0.414. The van der Waals surface area contributed by atoms with Crippen molar-refractivity contribution >= 4 is 5.97 Å². The van der Waals surface area contributed by atoms with Crippen LogP contribution < -0.4 is 0 Å². The molecule has 2 rings (SSSR count). The Hall–Kier alpha value is -2.25. The van der Waals surface area contributed by atoms with Crippen LogP contribution in [0.25, 0.3) is 0 Å². The zero-order valence-electron chi connectivity index (χ0n) is 11.2. The minimum absolute atomic E-state index is 0.0146. The molecule has 0 saturated heterocycles. The topological polar surface area (TPSA) is 98.7 Å². The Kier molecular flexibility index (Phi) is 3.59. The third-order valence-electron chi connectivity index (χ3n) is 3.00. The normalized spacial score (nSPS) is 10.9. The van der Waals surface area contributed by atoms with Crippen LogP contribution in [0.4, 0.5) is 0 Å². The van der Waals surface area contributed by atoms with Gasteiger partial charge in [0.15, 0.2) is 11.5 Å². The lowest BCUT2D eigenvalue weighted by Gasteiger charge is -2.06. The van der Waals surface area contributed by atoms with Crippen LogP contribution in [-0.2, 0) is 20.0 Å². The quantitative estimate of drug-likeness (QED) is 0.840. The lowest BCUT2D eigenvalue weighted by molar-refractivity contribution is 0.0689. The summed E-state index contributed by atoms with van der Waals surface area (Å²) in [5.41, 5.74) is 0.636. The summed E-state index contributed by atoms with van der Waals surface area (Å²) in [6.45, 7) is 4.20. The summed E-state index contributed by atoms with van der Waals surface area (Å²) < 4.78 is 3.42. The molecule has 19 heavy (non-hydrogen) atoms. The number of carbonyl (C=O) groups is 1. The molecule has 102 valence electrons. The number of rotatable bonds is 5. The standard InChI is InChI=1S/C11H16N6O2/c1-4-5-8-10(11(18)19)14-15-17(8)6-9-13-12-7(2)16(9)3/h4-6H2,1-3H3,(H,18,19). The molecule has 0 aliphatic heterocycles. The van der Waals surface area contributed by atoms with E-state index in [0.29, 0.717) is 18.7 Å². The molecular weight excluding hydrogens is 248 g/mol. The van der Waals surface area contributed by atoms with Crippen LogP contribution in [-0.4, -0.2) is 40.8 Å². The van der Waals surface area contributed by atoms with Crippen LogP contribution in [0.1, 0.15) is 41.2 Å². The van der Waals surface area contributed by atoms with E-state index in [-0.39, 0.29) is 5.69 Å². The van der Waals surface area contributed by atoms with Gasteiger partial charge in [-0.15, -0.1) is 15.3 Å². The monoisotopic (exact) mass is 264 g/mol. The molecular formula is C11H16N6O2. The Morgan fingerprint density at radius 2 is 2.05 bits per heavy atom. The molecule has 8 nitrogen and oxygen atoms in total. The van der Waals surface area contributed by atoms with E-state index in [0.717, 1.165) is 18.1 Å². The lowest BCUT2D eigenvalue weighted by Crippen LogP contribution is -2.12. The largest absolute Gasteiger partial charge is 0.476 e. The average molecular weight is 264 g/mol. The third-order valence-corrected chi connectivity index (χ3v) is 3.00. The summed E-state index contributed by atoms with van der Waals surface area (Å²) in [5.74, 6) is 0.464. The van der Waals surface area contributed by atoms with Crippen molar-refractivity contribution in [2.75, 3.05) is 0 Å². The lowest BCUT2D eigenvalue weighted by atomic mass is 10.2. The first-order valence-corrected chi connectivity index (χ1v) is 6.05. The van der Waals surface area contributed by atoms with Crippen LogP contribution in [0.15, 0.2) is 0 Å². The molecule has 2 heterocycles. The molecule has 0 aromatic carbocycles. The van der Waals surface area contributed by atoms with Crippen molar-refractivity contribution < 1.29 is 9.90 Å². The Balaban J connectivity index is 2.34. The molecule has 0 unspecified atom stereocenters. The molecule has 1 N–H and O–H groups in total. The van der Waals surface area contributed by atoms with Gasteiger partial charge in [0.1, 0.15) is 12.4 Å². The van der Waals surface area contributed by atoms with Crippen molar-refractivity contribution in [1.29, 1.82) is 0 Å². The molecule has 2 aromatic rings. The summed E-state index contributed by atoms with van der Waals surface area (Å²) in [6.07, 6.45) is 1.44. The SMILES string of the molecule is CCCc1c(C(=O)O)nnn1Cc1nnc(C)n1C. The van der Waals surface area contributed by atoms with Gasteiger partial charge >= 0.3 is 5.97 Å². The van der Waals surface area contributed by atoms with Crippen molar-refractivity contribution in [2.24, 2.45) is 7.05 Å². The minimum atomic E-state index is -1.05. The first kappa shape index (κ1) is 13.2. The first-order valence-electron chi connectivity index (χ1n) is 6.05. The fourth-order valence-corrected chi connectivity index (χ4v) is 1.83. The molecule has 0 amide bonds. The third kappa shape index (κ3) is 2.47. The van der Waals surface area contributed by atoms with E-state index in [1.165, 1.54) is 0 Å². The highest BCUT2D eigenvalue weighted by Gasteiger charge is 2.19. The van der Waals surface area contributed by atoms with Crippen molar-refractivity contribution in [3.05, 3.63) is 23.0 Å². The molecule has 0 atom stereocenters. The summed E-state index contributed by atoms with van der Waals surface area (Å²) in [4.78, 5) is 11.1. The van der Waals surface area contributed by atoms with Gasteiger partial charge < -0.3 is 9.67 Å². The van der Waals surface area contributed by atoms with Crippen LogP contribution in [0.2, 0.25) is 0 Å². The summed E-state index contributed by atoms with van der Waals surface area (Å²) in [6, 6.07) is 0. The number of aryl methyl sites for hydroxylation is 1. The highest BCUT2D eigenvalue weighted by Crippen LogP contribution is 2.10. The van der Waals surface area contributed by atoms with Gasteiger partial charge in [0.05, 0.1) is 5.69 Å². The average Bonchev–Trinajstić information content (AvgIpc) is 2.89. The molecule has 2 aromatic heterocycles. The molecule has 0 spiro atoms. The maximum atomic E-state index is 11.1. The van der Waals surface area contributed by atoms with Crippen LogP contribution in [0.3, 0.4) is 0 Å². The van der Waals surface area contributed by atoms with Gasteiger partial charge in [-0.3, -0.25) is 0 Å². The van der Waals surface area contributed by atoms with E-state index in [2.05, 4.69) is 20.5 Å². The summed E-state index contributed by atoms with van der Waals surface area (Å²) in [7, 11) is 1.86. The Labute approximate surface area is 110 Å². The number of nitrogens with zero attached hydrogens (tertiary/aromatic N) is 6. The van der Waals surface area contributed by atoms with Gasteiger partial charge in [0, 0.05) is 7.05 Å². The van der Waals surface area contributed by atoms with Crippen molar-refractivity contribution in [1.82, 2.24) is 29.8 Å². The van der Waals surface area contributed by atoms with Crippen LogP contribution in [0, 0.1) is 6.92 Å². The summed E-state index contributed by atoms with van der Waals surface area (Å²) >= 11 is 0. The van der Waals surface area contributed by atoms with Gasteiger partial charge in [-0.05, 0) is 13.3 Å². The molecule has 0 saturated carbocycles. The fourth-order valence-electron chi connectivity index (χ4n) is 1.83. The van der Waals surface area contributed by atoms with E-state index in [1.807, 2.05) is 25.5 Å². The predicted molar refractivity (Wildman–Crippen MR) is 65.8 cm³/mol. The Morgan fingerprint density at radius 3 is 2.58 bits per heavy atom. The van der Waals surface area contributed by atoms with Gasteiger partial charge in [-0.2, -0.15) is 0 Å². The zero-order valence-corrected chi connectivity index (χ0v) is 11.2. The second-order valence-electron chi connectivity index (χ2n) is 4.32. The van der Waals surface area contributed by atoms with E-state index < -0.39 is 5.97 Å². The van der Waals surface area contributed by atoms with E-state index in [9.17, 15) is 4.79 Å². The fraction of sp³-hybridized carbons (Fsp3) is 0.545. The van der Waals surface area contributed by atoms with Gasteiger partial charge in [-0.25, -0.2) is 9.48 Å². The minimum Gasteiger partial charge on any atom is -0.476 e. The second-order valence-corrected chi connectivity index (χ2v) is 4.32. The van der Waals surface area contributed by atoms with Crippen molar-refractivity contribution in [3.63, 3.8) is 0 Å². The molecule has 8 heteroatoms. The summed E-state index contributed by atoms with van der Waals surface area (Å²) in [5, 5.41) is 24.7. The highest BCUT2D eigenvalue weighted by atomic mass is 16.4. The number of hydrogen-bond donors (Lipinski definition) is 1. The smallest absolute Gasteiger partial charge is 0.358 e. The molecule has 0 fully saturated rings. The van der Waals surface area contributed by atoms with Crippen LogP contribution >= 0.6 is 0 Å². The molecule has 0 bridgehead atoms. The number of aromatic nitrogens is 6. The van der Waals surface area contributed by atoms with Gasteiger partial charge in [-0.1, -0.05) is 18.6 Å². The number of aromatic carboxylic acids is 1. The van der Waals surface area contributed by atoms with E-state index in [4.69, 9.17) is 5.11 Å². The molecule has 0 aliphatic rings. The maximum absolute atomic E-state index is 11.1.